The summed E-state index contributed by atoms with van der Waals surface area (Å²) in [4.78, 5) is 7.98. The summed E-state index contributed by atoms with van der Waals surface area (Å²) in [5.41, 5.74) is 1.20. The third-order valence-corrected chi connectivity index (χ3v) is 3.44. The lowest BCUT2D eigenvalue weighted by atomic mass is 10.1. The number of rotatable bonds is 10. The number of unbranched alkanes of at least 4 members (excludes halogenated alkanes) is 8. The van der Waals surface area contributed by atoms with Gasteiger partial charge in [0.15, 0.2) is 0 Å². The van der Waals surface area contributed by atoms with Crippen molar-refractivity contribution in [3.8, 4) is 0 Å². The molecule has 0 aliphatic rings. The number of hydrogen-bond donors (Lipinski definition) is 0. The Morgan fingerprint density at radius 1 is 0.833 bits per heavy atom. The summed E-state index contributed by atoms with van der Waals surface area (Å²) < 4.78 is 0. The van der Waals surface area contributed by atoms with Crippen molar-refractivity contribution in [2.45, 2.75) is 71.1 Å². The first-order valence-electron chi connectivity index (χ1n) is 7.29. The van der Waals surface area contributed by atoms with E-state index in [0.29, 0.717) is 5.28 Å². The van der Waals surface area contributed by atoms with Crippen molar-refractivity contribution in [1.29, 1.82) is 0 Å². The summed E-state index contributed by atoms with van der Waals surface area (Å²) in [5, 5.41) is 0.339. The van der Waals surface area contributed by atoms with E-state index in [4.69, 9.17) is 11.6 Å². The molecular weight excluding hydrogens is 244 g/mol. The number of halogens is 1. The number of nitrogens with zero attached hydrogens (tertiary/aromatic N) is 2. The molecule has 0 aliphatic carbocycles. The van der Waals surface area contributed by atoms with Gasteiger partial charge in [0.05, 0.1) is 0 Å². The first-order valence-corrected chi connectivity index (χ1v) is 7.67. The van der Waals surface area contributed by atoms with E-state index in [2.05, 4.69) is 16.9 Å². The van der Waals surface area contributed by atoms with E-state index >= 15 is 0 Å². The highest BCUT2D eigenvalue weighted by atomic mass is 35.5. The maximum Gasteiger partial charge on any atom is 0.222 e. The molecule has 1 aromatic heterocycles. The first-order chi connectivity index (χ1) is 8.83. The molecule has 1 rings (SSSR count). The summed E-state index contributed by atoms with van der Waals surface area (Å²) in [7, 11) is 0. The maximum absolute atomic E-state index is 5.64. The normalized spacial score (nSPS) is 10.8. The van der Waals surface area contributed by atoms with Crippen LogP contribution in [0.2, 0.25) is 5.28 Å². The summed E-state index contributed by atoms with van der Waals surface area (Å²) in [6.45, 7) is 2.26. The molecule has 0 unspecified atom stereocenters. The fourth-order valence-electron chi connectivity index (χ4n) is 2.11. The van der Waals surface area contributed by atoms with Gasteiger partial charge in [-0.05, 0) is 30.0 Å². The molecule has 0 bridgehead atoms. The van der Waals surface area contributed by atoms with Crippen LogP contribution in [0.15, 0.2) is 12.4 Å². The van der Waals surface area contributed by atoms with Crippen LogP contribution in [0.3, 0.4) is 0 Å². The van der Waals surface area contributed by atoms with E-state index in [0.717, 1.165) is 6.42 Å². The molecule has 0 fully saturated rings. The van der Waals surface area contributed by atoms with Gasteiger partial charge in [-0.1, -0.05) is 58.3 Å². The zero-order valence-electron chi connectivity index (χ0n) is 11.5. The van der Waals surface area contributed by atoms with Gasteiger partial charge in [0, 0.05) is 12.4 Å². The topological polar surface area (TPSA) is 25.8 Å². The number of aromatic nitrogens is 2. The van der Waals surface area contributed by atoms with Crippen molar-refractivity contribution >= 4 is 11.6 Å². The molecule has 0 amide bonds. The molecule has 1 heterocycles. The van der Waals surface area contributed by atoms with Crippen LogP contribution in [0.4, 0.5) is 0 Å². The predicted octanol–water partition coefficient (Wildman–Crippen LogP) is 5.20. The van der Waals surface area contributed by atoms with E-state index in [1.54, 1.807) is 0 Å². The fraction of sp³-hybridized carbons (Fsp3) is 0.733. The lowest BCUT2D eigenvalue weighted by Crippen LogP contribution is -1.90. The highest BCUT2D eigenvalue weighted by Crippen LogP contribution is 2.11. The van der Waals surface area contributed by atoms with E-state index in [1.807, 2.05) is 12.4 Å². The summed E-state index contributed by atoms with van der Waals surface area (Å²) in [6.07, 6.45) is 17.0. The second kappa shape index (κ2) is 10.3. The van der Waals surface area contributed by atoms with Crippen molar-refractivity contribution in [3.05, 3.63) is 23.2 Å². The molecular formula is C15H25ClN2. The van der Waals surface area contributed by atoms with Gasteiger partial charge in [-0.3, -0.25) is 0 Å². The van der Waals surface area contributed by atoms with Gasteiger partial charge < -0.3 is 0 Å². The Kier molecular flexibility index (Phi) is 8.83. The average Bonchev–Trinajstić information content (AvgIpc) is 2.39. The van der Waals surface area contributed by atoms with Gasteiger partial charge in [-0.15, -0.1) is 0 Å². The van der Waals surface area contributed by atoms with E-state index in [9.17, 15) is 0 Å². The standard InChI is InChI=1S/C15H25ClN2/c1-2-3-4-5-6-7-8-9-10-11-14-12-17-15(16)18-13-14/h12-13H,2-11H2,1H3. The number of aryl methyl sites for hydroxylation is 1. The van der Waals surface area contributed by atoms with Crippen LogP contribution in [-0.4, -0.2) is 9.97 Å². The fourth-order valence-corrected chi connectivity index (χ4v) is 2.21. The monoisotopic (exact) mass is 268 g/mol. The van der Waals surface area contributed by atoms with Crippen LogP contribution >= 0.6 is 11.6 Å². The highest BCUT2D eigenvalue weighted by Gasteiger charge is 1.96. The Morgan fingerprint density at radius 3 is 1.89 bits per heavy atom. The van der Waals surface area contributed by atoms with Crippen molar-refractivity contribution in [1.82, 2.24) is 9.97 Å². The molecule has 0 saturated heterocycles. The zero-order chi connectivity index (χ0) is 13.1. The van der Waals surface area contributed by atoms with E-state index < -0.39 is 0 Å². The lowest BCUT2D eigenvalue weighted by molar-refractivity contribution is 0.564. The minimum absolute atomic E-state index is 0.339. The van der Waals surface area contributed by atoms with Gasteiger partial charge in [0.1, 0.15) is 0 Å². The Bertz CT molecular complexity index is 298. The molecule has 18 heavy (non-hydrogen) atoms. The van der Waals surface area contributed by atoms with Crippen LogP contribution in [-0.2, 0) is 6.42 Å². The van der Waals surface area contributed by atoms with E-state index in [-0.39, 0.29) is 0 Å². The third-order valence-electron chi connectivity index (χ3n) is 3.24. The third kappa shape index (κ3) is 7.65. The minimum atomic E-state index is 0.339. The smallest absolute Gasteiger partial charge is 0.222 e. The molecule has 0 saturated carbocycles. The molecule has 2 nitrogen and oxygen atoms in total. The molecule has 0 spiro atoms. The van der Waals surface area contributed by atoms with Crippen molar-refractivity contribution in [3.63, 3.8) is 0 Å². The average molecular weight is 269 g/mol. The second-order valence-corrected chi connectivity index (χ2v) is 5.28. The Hall–Kier alpha value is -0.630. The van der Waals surface area contributed by atoms with Gasteiger partial charge in [-0.25, -0.2) is 9.97 Å². The summed E-state index contributed by atoms with van der Waals surface area (Å²) in [6, 6.07) is 0. The molecule has 102 valence electrons. The maximum atomic E-state index is 5.64. The SMILES string of the molecule is CCCCCCCCCCCc1cnc(Cl)nc1. The van der Waals surface area contributed by atoms with Crippen molar-refractivity contribution in [2.75, 3.05) is 0 Å². The second-order valence-electron chi connectivity index (χ2n) is 4.94. The molecule has 0 aliphatic heterocycles. The number of hydrogen-bond acceptors (Lipinski definition) is 2. The molecule has 0 N–H and O–H groups in total. The summed E-state index contributed by atoms with van der Waals surface area (Å²) >= 11 is 5.64. The Labute approximate surface area is 116 Å². The summed E-state index contributed by atoms with van der Waals surface area (Å²) in [5.74, 6) is 0. The van der Waals surface area contributed by atoms with Crippen LogP contribution < -0.4 is 0 Å². The van der Waals surface area contributed by atoms with Gasteiger partial charge in [0.2, 0.25) is 5.28 Å². The van der Waals surface area contributed by atoms with Crippen LogP contribution in [0, 0.1) is 0 Å². The molecule has 0 atom stereocenters. The molecule has 0 aromatic carbocycles. The molecule has 0 radical (unpaired) electrons. The van der Waals surface area contributed by atoms with Crippen molar-refractivity contribution in [2.24, 2.45) is 0 Å². The van der Waals surface area contributed by atoms with Gasteiger partial charge >= 0.3 is 0 Å². The quantitative estimate of drug-likeness (QED) is 0.430. The Balaban J connectivity index is 1.91. The lowest BCUT2D eigenvalue weighted by Gasteiger charge is -2.02. The largest absolute Gasteiger partial charge is 0.226 e. The van der Waals surface area contributed by atoms with Crippen LogP contribution in [0.1, 0.15) is 70.3 Å². The molecule has 3 heteroatoms. The van der Waals surface area contributed by atoms with Gasteiger partial charge in [-0.2, -0.15) is 0 Å². The van der Waals surface area contributed by atoms with Crippen LogP contribution in [0.5, 0.6) is 0 Å². The molecule has 1 aromatic rings. The predicted molar refractivity (Wildman–Crippen MR) is 78.0 cm³/mol. The van der Waals surface area contributed by atoms with Crippen molar-refractivity contribution < 1.29 is 0 Å². The minimum Gasteiger partial charge on any atom is -0.226 e. The van der Waals surface area contributed by atoms with Gasteiger partial charge in [0.25, 0.3) is 0 Å². The van der Waals surface area contributed by atoms with E-state index in [1.165, 1.54) is 63.4 Å². The highest BCUT2D eigenvalue weighted by molar-refractivity contribution is 6.28. The zero-order valence-corrected chi connectivity index (χ0v) is 12.3. The van der Waals surface area contributed by atoms with Crippen LogP contribution in [0.25, 0.3) is 0 Å². The first kappa shape index (κ1) is 15.4. The Morgan fingerprint density at radius 2 is 1.33 bits per heavy atom.